The number of aliphatic carboxylic acids is 1. The monoisotopic (exact) mass is 277 g/mol. The first-order valence-electron chi connectivity index (χ1n) is 6.79. The van der Waals surface area contributed by atoms with Crippen LogP contribution in [0.25, 0.3) is 0 Å². The lowest BCUT2D eigenvalue weighted by molar-refractivity contribution is -0.149. The molecule has 1 N–H and O–H groups in total. The maximum absolute atomic E-state index is 12.1. The van der Waals surface area contributed by atoms with Crippen LogP contribution in [-0.2, 0) is 9.59 Å². The number of benzene rings is 1. The lowest BCUT2D eigenvalue weighted by atomic mass is 10.0. The van der Waals surface area contributed by atoms with Gasteiger partial charge in [-0.1, -0.05) is 25.1 Å². The van der Waals surface area contributed by atoms with Gasteiger partial charge >= 0.3 is 5.97 Å². The van der Waals surface area contributed by atoms with Crippen molar-refractivity contribution < 1.29 is 19.4 Å². The summed E-state index contributed by atoms with van der Waals surface area (Å²) in [5.41, 5.74) is 0. The van der Waals surface area contributed by atoms with E-state index < -0.39 is 12.0 Å². The maximum Gasteiger partial charge on any atom is 0.326 e. The van der Waals surface area contributed by atoms with Crippen LogP contribution in [0.3, 0.4) is 0 Å². The second-order valence-electron chi connectivity index (χ2n) is 5.05. The van der Waals surface area contributed by atoms with Crippen molar-refractivity contribution in [2.45, 2.75) is 25.8 Å². The van der Waals surface area contributed by atoms with Gasteiger partial charge in [-0.15, -0.1) is 0 Å². The highest BCUT2D eigenvalue weighted by Gasteiger charge is 2.39. The van der Waals surface area contributed by atoms with E-state index in [1.54, 1.807) is 0 Å². The van der Waals surface area contributed by atoms with Gasteiger partial charge in [-0.05, 0) is 24.5 Å². The van der Waals surface area contributed by atoms with Crippen molar-refractivity contribution >= 4 is 11.9 Å². The van der Waals surface area contributed by atoms with Gasteiger partial charge in [0.1, 0.15) is 11.8 Å². The van der Waals surface area contributed by atoms with Crippen LogP contribution in [0.2, 0.25) is 0 Å². The molecule has 5 heteroatoms. The molecule has 2 atom stereocenters. The number of likely N-dealkylation sites (tertiary alicyclic amines) is 1. The first kappa shape index (κ1) is 14.4. The van der Waals surface area contributed by atoms with Gasteiger partial charge in [0.25, 0.3) is 0 Å². The van der Waals surface area contributed by atoms with Crippen LogP contribution < -0.4 is 4.74 Å². The molecule has 0 radical (unpaired) electrons. The summed E-state index contributed by atoms with van der Waals surface area (Å²) in [6.45, 7) is 2.65. The molecule has 1 aliphatic rings. The number of rotatable bonds is 5. The van der Waals surface area contributed by atoms with Gasteiger partial charge < -0.3 is 14.7 Å². The van der Waals surface area contributed by atoms with Crippen LogP contribution in [-0.4, -0.2) is 41.1 Å². The fourth-order valence-corrected chi connectivity index (χ4v) is 2.52. The molecule has 2 unspecified atom stereocenters. The molecular formula is C15H19NO4. The molecule has 1 heterocycles. The molecule has 0 bridgehead atoms. The van der Waals surface area contributed by atoms with E-state index in [9.17, 15) is 14.7 Å². The number of carboxylic acid groups (broad SMARTS) is 1. The van der Waals surface area contributed by atoms with Gasteiger partial charge in [0.05, 0.1) is 13.0 Å². The minimum atomic E-state index is -0.924. The van der Waals surface area contributed by atoms with Crippen molar-refractivity contribution in [2.75, 3.05) is 13.2 Å². The molecule has 0 aliphatic carbocycles. The molecule has 1 aromatic rings. The molecule has 1 fully saturated rings. The average molecular weight is 277 g/mol. The third-order valence-corrected chi connectivity index (χ3v) is 3.60. The van der Waals surface area contributed by atoms with Crippen LogP contribution in [0.5, 0.6) is 5.75 Å². The Hall–Kier alpha value is -2.04. The Morgan fingerprint density at radius 1 is 1.35 bits per heavy atom. The van der Waals surface area contributed by atoms with Crippen LogP contribution in [0, 0.1) is 5.92 Å². The summed E-state index contributed by atoms with van der Waals surface area (Å²) in [5, 5.41) is 9.18. The first-order valence-corrected chi connectivity index (χ1v) is 6.79. The van der Waals surface area contributed by atoms with E-state index >= 15 is 0 Å². The summed E-state index contributed by atoms with van der Waals surface area (Å²) in [4.78, 5) is 24.7. The second kappa shape index (κ2) is 6.41. The quantitative estimate of drug-likeness (QED) is 0.890. The van der Waals surface area contributed by atoms with Crippen molar-refractivity contribution in [1.29, 1.82) is 0 Å². The minimum Gasteiger partial charge on any atom is -0.493 e. The molecule has 1 aliphatic heterocycles. The van der Waals surface area contributed by atoms with Crippen molar-refractivity contribution in [3.63, 3.8) is 0 Å². The number of carboxylic acids is 1. The van der Waals surface area contributed by atoms with E-state index in [1.807, 2.05) is 37.3 Å². The smallest absolute Gasteiger partial charge is 0.326 e. The van der Waals surface area contributed by atoms with E-state index in [1.165, 1.54) is 4.90 Å². The van der Waals surface area contributed by atoms with Gasteiger partial charge in [-0.3, -0.25) is 4.79 Å². The van der Waals surface area contributed by atoms with Crippen molar-refractivity contribution in [1.82, 2.24) is 4.90 Å². The molecule has 0 aromatic heterocycles. The fraction of sp³-hybridized carbons (Fsp3) is 0.467. The Labute approximate surface area is 118 Å². The summed E-state index contributed by atoms with van der Waals surface area (Å²) in [6, 6.07) is 8.56. The zero-order valence-electron chi connectivity index (χ0n) is 11.5. The number of hydrogen-bond donors (Lipinski definition) is 1. The predicted molar refractivity (Wildman–Crippen MR) is 73.5 cm³/mol. The van der Waals surface area contributed by atoms with E-state index in [-0.39, 0.29) is 24.9 Å². The van der Waals surface area contributed by atoms with Gasteiger partial charge in [0.2, 0.25) is 5.91 Å². The fourth-order valence-electron chi connectivity index (χ4n) is 2.52. The van der Waals surface area contributed by atoms with Gasteiger partial charge in [0, 0.05) is 6.54 Å². The Morgan fingerprint density at radius 3 is 2.70 bits per heavy atom. The zero-order valence-corrected chi connectivity index (χ0v) is 11.5. The summed E-state index contributed by atoms with van der Waals surface area (Å²) in [7, 11) is 0. The maximum atomic E-state index is 12.1. The Balaban J connectivity index is 1.84. The summed E-state index contributed by atoms with van der Waals surface area (Å²) >= 11 is 0. The molecule has 20 heavy (non-hydrogen) atoms. The van der Waals surface area contributed by atoms with Crippen LogP contribution in [0.4, 0.5) is 0 Å². The summed E-state index contributed by atoms with van der Waals surface area (Å²) in [6.07, 6.45) is 0.938. The predicted octanol–water partition coefficient (Wildman–Crippen LogP) is 1.78. The third-order valence-electron chi connectivity index (χ3n) is 3.60. The zero-order chi connectivity index (χ0) is 14.5. The topological polar surface area (TPSA) is 66.8 Å². The summed E-state index contributed by atoms with van der Waals surface area (Å²) < 4.78 is 5.46. The van der Waals surface area contributed by atoms with Crippen LogP contribution in [0.15, 0.2) is 30.3 Å². The van der Waals surface area contributed by atoms with Crippen LogP contribution in [0.1, 0.15) is 19.8 Å². The number of ether oxygens (including phenoxy) is 1. The summed E-state index contributed by atoms with van der Waals surface area (Å²) in [5.74, 6) is -0.360. The highest BCUT2D eigenvalue weighted by atomic mass is 16.5. The SMILES string of the molecule is CC1CCN(C(=O)CCOc2ccccc2)C1C(=O)O. The van der Waals surface area contributed by atoms with Gasteiger partial charge in [-0.25, -0.2) is 4.79 Å². The number of amides is 1. The molecule has 108 valence electrons. The molecular weight excluding hydrogens is 258 g/mol. The van der Waals surface area contributed by atoms with E-state index in [4.69, 9.17) is 4.74 Å². The number of carbonyl (C=O) groups excluding carboxylic acids is 1. The largest absolute Gasteiger partial charge is 0.493 e. The first-order chi connectivity index (χ1) is 9.59. The normalized spacial score (nSPS) is 21.8. The molecule has 1 saturated heterocycles. The number of nitrogens with zero attached hydrogens (tertiary/aromatic N) is 1. The van der Waals surface area contributed by atoms with E-state index in [0.717, 1.165) is 6.42 Å². The number of hydrogen-bond acceptors (Lipinski definition) is 3. The Kier molecular flexibility index (Phi) is 4.61. The molecule has 5 nitrogen and oxygen atoms in total. The van der Waals surface area contributed by atoms with Gasteiger partial charge in [0.15, 0.2) is 0 Å². The lowest BCUT2D eigenvalue weighted by Gasteiger charge is -2.23. The van der Waals surface area contributed by atoms with Crippen molar-refractivity contribution in [3.8, 4) is 5.75 Å². The van der Waals surface area contributed by atoms with Gasteiger partial charge in [-0.2, -0.15) is 0 Å². The second-order valence-corrected chi connectivity index (χ2v) is 5.05. The molecule has 1 aromatic carbocycles. The third kappa shape index (κ3) is 3.29. The number of para-hydroxylation sites is 1. The molecule has 2 rings (SSSR count). The van der Waals surface area contributed by atoms with E-state index in [2.05, 4.69) is 0 Å². The Morgan fingerprint density at radius 2 is 2.05 bits per heavy atom. The van der Waals surface area contributed by atoms with E-state index in [0.29, 0.717) is 12.3 Å². The highest BCUT2D eigenvalue weighted by Crippen LogP contribution is 2.24. The molecule has 0 saturated carbocycles. The Bertz CT molecular complexity index is 474. The van der Waals surface area contributed by atoms with Crippen molar-refractivity contribution in [3.05, 3.63) is 30.3 Å². The standard InChI is InChI=1S/C15H19NO4/c1-11-7-9-16(14(11)15(18)19)13(17)8-10-20-12-5-3-2-4-6-12/h2-6,11,14H,7-10H2,1H3,(H,18,19). The van der Waals surface area contributed by atoms with Crippen LogP contribution >= 0.6 is 0 Å². The molecule has 0 spiro atoms. The minimum absolute atomic E-state index is 0.00601. The van der Waals surface area contributed by atoms with Crippen molar-refractivity contribution in [2.24, 2.45) is 5.92 Å². The average Bonchev–Trinajstić information content (AvgIpc) is 2.82. The molecule has 1 amide bonds. The lowest BCUT2D eigenvalue weighted by Crippen LogP contribution is -2.43. The number of carbonyl (C=O) groups is 2. The highest BCUT2D eigenvalue weighted by molar-refractivity contribution is 5.84.